The average Bonchev–Trinajstić information content (AvgIpc) is 0.811. The second-order valence-electron chi connectivity index (χ2n) is 0.247. The van der Waals surface area contributed by atoms with Crippen LogP contribution in [0.3, 0.4) is 0 Å². The molecule has 4 heavy (non-hydrogen) atoms. The van der Waals surface area contributed by atoms with Crippen LogP contribution in [0.2, 0.25) is 0 Å². The first-order chi connectivity index (χ1) is 1.73. The molecule has 0 fully saturated rings. The highest BCUT2D eigenvalue weighted by atomic mass is 19.3. The van der Waals surface area contributed by atoms with Crippen LogP contribution in [-0.2, 0) is 0 Å². The van der Waals surface area contributed by atoms with Crippen molar-refractivity contribution < 1.29 is 12.9 Å². The predicted molar refractivity (Wildman–Crippen MR) is 9.08 cm³/mol. The zero-order valence-electron chi connectivity index (χ0n) is 1.71. The van der Waals surface area contributed by atoms with E-state index in [9.17, 15) is 12.9 Å². The van der Waals surface area contributed by atoms with Crippen LogP contribution in [0.5, 0.6) is 0 Å². The van der Waals surface area contributed by atoms with Crippen molar-refractivity contribution >= 4 is 7.54 Å². The molecule has 0 amide bonds. The maximum atomic E-state index is 9.67. The Balaban J connectivity index is 2.32. The fraction of sp³-hybridized carbons (Fsp3) is 0. The summed E-state index contributed by atoms with van der Waals surface area (Å²) < 4.78 is 29.0. The summed E-state index contributed by atoms with van der Waals surface area (Å²) in [7, 11) is -3.67. The third kappa shape index (κ3) is 64.4. The van der Waals surface area contributed by atoms with Crippen molar-refractivity contribution in [2.24, 2.45) is 0 Å². The summed E-state index contributed by atoms with van der Waals surface area (Å²) in [5, 5.41) is 0. The minimum atomic E-state index is -3.67. The molecule has 0 aromatic heterocycles. The molecule has 0 radical (unpaired) electrons. The molecule has 0 unspecified atom stereocenters. The van der Waals surface area contributed by atoms with Gasteiger partial charge in [-0.3, -0.25) is 12.9 Å². The van der Waals surface area contributed by atoms with Gasteiger partial charge >= 0.3 is 7.54 Å². The van der Waals surface area contributed by atoms with Crippen molar-refractivity contribution in [3.05, 3.63) is 0 Å². The van der Waals surface area contributed by atoms with E-state index in [0.717, 1.165) is 0 Å². The van der Waals surface area contributed by atoms with Crippen LogP contribution >= 0.6 is 0 Å². The summed E-state index contributed by atoms with van der Waals surface area (Å²) in [5.74, 6) is 0. The van der Waals surface area contributed by atoms with Gasteiger partial charge in [-0.15, -0.1) is 0 Å². The number of hydrogen-bond donors (Lipinski definition) is 0. The van der Waals surface area contributed by atoms with E-state index in [2.05, 4.69) is 0 Å². The van der Waals surface area contributed by atoms with Gasteiger partial charge in [0.25, 0.3) is 0 Å². The number of hydrogen-bond acceptors (Lipinski definition) is 0. The zero-order chi connectivity index (χ0) is 3.58. The maximum Gasteiger partial charge on any atom is 0.762 e. The molecule has 0 aliphatic carbocycles. The molecule has 0 N–H and O–H groups in total. The van der Waals surface area contributed by atoms with Gasteiger partial charge in [0.15, 0.2) is 0 Å². The van der Waals surface area contributed by atoms with E-state index in [-0.39, 0.29) is 0 Å². The maximum absolute atomic E-state index is 9.67. The topological polar surface area (TPSA) is 0 Å². The second-order valence-corrected chi connectivity index (χ2v) is 0.247. The monoisotopic (exact) mass is 67.0 g/mol. The smallest absolute Gasteiger partial charge is 0.254 e. The Labute approximate surface area is 21.8 Å². The van der Waals surface area contributed by atoms with Gasteiger partial charge in [-0.25, -0.2) is 0 Å². The van der Waals surface area contributed by atoms with Gasteiger partial charge in [0, 0.05) is 0 Å². The second kappa shape index (κ2) is 1.21. The Bertz CT molecular complexity index is 8.00. The van der Waals surface area contributed by atoms with Gasteiger partial charge in [0.05, 0.1) is 0 Å². The molecule has 0 aliphatic rings. The molecular formula is BF3. The quantitative estimate of drug-likeness (QED) is 0.369. The van der Waals surface area contributed by atoms with Crippen molar-refractivity contribution in [1.82, 2.24) is 0 Å². The lowest BCUT2D eigenvalue weighted by Crippen LogP contribution is -1.76. The Morgan fingerprint density at radius 2 is 1.00 bits per heavy atom. The van der Waals surface area contributed by atoms with Crippen LogP contribution in [0.25, 0.3) is 0 Å². The first kappa shape index (κ1) is 3.85. The summed E-state index contributed by atoms with van der Waals surface area (Å²) in [6.07, 6.45) is 0. The van der Waals surface area contributed by atoms with Gasteiger partial charge < -0.3 is 0 Å². The van der Waals surface area contributed by atoms with Crippen molar-refractivity contribution in [1.29, 1.82) is 0 Å². The summed E-state index contributed by atoms with van der Waals surface area (Å²) in [6, 6.07) is 0. The van der Waals surface area contributed by atoms with E-state index >= 15 is 0 Å². The minimum absolute atomic E-state index is 3.67. The number of halogens is 3. The molecule has 0 heterocycles. The summed E-state index contributed by atoms with van der Waals surface area (Å²) in [4.78, 5) is 0. The molecule has 0 bridgehead atoms. The van der Waals surface area contributed by atoms with Crippen LogP contribution in [0.4, 0.5) is 12.9 Å². The molecule has 0 atom stereocenters. The third-order valence-corrected chi connectivity index (χ3v) is 0. The molecule has 4 heteroatoms. The highest BCUT2D eigenvalue weighted by molar-refractivity contribution is 6.33. The number of rotatable bonds is 0. The largest absolute Gasteiger partial charge is 0.762 e. The predicted octanol–water partition coefficient (Wildman–Crippen LogP) is 0.880. The lowest BCUT2D eigenvalue weighted by atomic mass is 9.69. The molecule has 0 rings (SSSR count). The fourth-order valence-corrected chi connectivity index (χ4v) is 0. The SMILES string of the molecule is F[10B](F)F. The van der Waals surface area contributed by atoms with Crippen molar-refractivity contribution in [2.45, 2.75) is 0 Å². The summed E-state index contributed by atoms with van der Waals surface area (Å²) >= 11 is 0. The molecule has 0 saturated heterocycles. The molecular weight excluding hydrogens is 67.0 g/mol. The molecule has 0 aromatic rings. The van der Waals surface area contributed by atoms with E-state index in [1.54, 1.807) is 0 Å². The van der Waals surface area contributed by atoms with Crippen LogP contribution in [0.1, 0.15) is 0 Å². The Morgan fingerprint density at radius 3 is 1.00 bits per heavy atom. The highest BCUT2D eigenvalue weighted by Gasteiger charge is 2.06. The standard InChI is InChI=1S/BF3/c2-1(3)4/i1-1. The lowest BCUT2D eigenvalue weighted by molar-refractivity contribution is 0.535. The van der Waals surface area contributed by atoms with Crippen LogP contribution in [0.15, 0.2) is 0 Å². The van der Waals surface area contributed by atoms with E-state index in [4.69, 9.17) is 0 Å². The minimum Gasteiger partial charge on any atom is -0.254 e. The van der Waals surface area contributed by atoms with Gasteiger partial charge in [0.1, 0.15) is 0 Å². The Kier molecular flexibility index (Phi) is 1.16. The summed E-state index contributed by atoms with van der Waals surface area (Å²) in [5.41, 5.74) is 0. The van der Waals surface area contributed by atoms with Gasteiger partial charge in [-0.1, -0.05) is 0 Å². The van der Waals surface area contributed by atoms with E-state index in [0.29, 0.717) is 0 Å². The van der Waals surface area contributed by atoms with Crippen molar-refractivity contribution in [3.63, 3.8) is 0 Å². The lowest BCUT2D eigenvalue weighted by Gasteiger charge is -1.55. The normalized spacial score (nSPS) is 6.75. The Morgan fingerprint density at radius 1 is 1.00 bits per heavy atom. The van der Waals surface area contributed by atoms with E-state index in [1.807, 2.05) is 0 Å². The van der Waals surface area contributed by atoms with Crippen LogP contribution in [-0.4, -0.2) is 7.54 Å². The fourth-order valence-electron chi connectivity index (χ4n) is 0. The van der Waals surface area contributed by atoms with Crippen LogP contribution < -0.4 is 0 Å². The van der Waals surface area contributed by atoms with Crippen LogP contribution in [0, 0.1) is 0 Å². The zero-order valence-corrected chi connectivity index (χ0v) is 1.71. The van der Waals surface area contributed by atoms with Gasteiger partial charge in [-0.05, 0) is 0 Å². The third-order valence-electron chi connectivity index (χ3n) is 0. The Hall–Kier alpha value is -0.145. The average molecular weight is 67.0 g/mol. The molecule has 0 aromatic carbocycles. The molecule has 0 aliphatic heterocycles. The first-order valence-electron chi connectivity index (χ1n) is 0.655. The van der Waals surface area contributed by atoms with E-state index in [1.165, 1.54) is 0 Å². The summed E-state index contributed by atoms with van der Waals surface area (Å²) in [6.45, 7) is 0. The van der Waals surface area contributed by atoms with Crippen molar-refractivity contribution in [3.8, 4) is 0 Å². The molecule has 0 saturated carbocycles. The van der Waals surface area contributed by atoms with Gasteiger partial charge in [0.2, 0.25) is 0 Å². The molecule has 0 spiro atoms. The first-order valence-corrected chi connectivity index (χ1v) is 0.655. The van der Waals surface area contributed by atoms with E-state index < -0.39 is 7.54 Å². The highest BCUT2D eigenvalue weighted by Crippen LogP contribution is 1.80. The van der Waals surface area contributed by atoms with Crippen molar-refractivity contribution in [2.75, 3.05) is 0 Å². The van der Waals surface area contributed by atoms with Gasteiger partial charge in [-0.2, -0.15) is 0 Å². The molecule has 24 valence electrons. The molecule has 0 nitrogen and oxygen atoms in total.